The van der Waals surface area contributed by atoms with E-state index in [9.17, 15) is 4.79 Å². The van der Waals surface area contributed by atoms with Gasteiger partial charge in [0, 0.05) is 18.7 Å². The number of benzene rings is 1. The highest BCUT2D eigenvalue weighted by molar-refractivity contribution is 6.21. The van der Waals surface area contributed by atoms with Gasteiger partial charge in [0.05, 0.1) is 17.0 Å². The predicted molar refractivity (Wildman–Crippen MR) is 75.1 cm³/mol. The molecule has 2 atom stereocenters. The molecule has 4 heteroatoms. The van der Waals surface area contributed by atoms with Crippen molar-refractivity contribution in [3.05, 3.63) is 35.4 Å². The standard InChI is InChI=1S/C15H17ClN2O/c1-18(14-5-3-2-4-13(14)16)15(19)12-8-6-11(10-17)7-9-12/h6-9,13-14H,2-5H2,1H3. The van der Waals surface area contributed by atoms with E-state index in [1.807, 2.05) is 13.1 Å². The molecular weight excluding hydrogens is 260 g/mol. The zero-order valence-electron chi connectivity index (χ0n) is 11.0. The lowest BCUT2D eigenvalue weighted by Crippen LogP contribution is -2.44. The predicted octanol–water partition coefficient (Wildman–Crippen LogP) is 3.18. The van der Waals surface area contributed by atoms with Gasteiger partial charge in [-0.05, 0) is 37.1 Å². The van der Waals surface area contributed by atoms with Gasteiger partial charge in [-0.25, -0.2) is 0 Å². The second kappa shape index (κ2) is 6.08. The first-order valence-corrected chi connectivity index (χ1v) is 6.98. The van der Waals surface area contributed by atoms with Crippen molar-refractivity contribution >= 4 is 17.5 Å². The Labute approximate surface area is 118 Å². The molecule has 19 heavy (non-hydrogen) atoms. The van der Waals surface area contributed by atoms with Crippen LogP contribution in [0.1, 0.15) is 41.6 Å². The highest BCUT2D eigenvalue weighted by atomic mass is 35.5. The smallest absolute Gasteiger partial charge is 0.253 e. The maximum Gasteiger partial charge on any atom is 0.253 e. The molecule has 1 aromatic rings. The quantitative estimate of drug-likeness (QED) is 0.779. The molecule has 0 heterocycles. The Morgan fingerprint density at radius 2 is 1.95 bits per heavy atom. The Hall–Kier alpha value is -1.53. The van der Waals surface area contributed by atoms with E-state index in [0.717, 1.165) is 25.7 Å². The summed E-state index contributed by atoms with van der Waals surface area (Å²) in [5.74, 6) is -0.0259. The lowest BCUT2D eigenvalue weighted by atomic mass is 9.93. The Balaban J connectivity index is 2.11. The lowest BCUT2D eigenvalue weighted by Gasteiger charge is -2.35. The average molecular weight is 277 g/mol. The zero-order chi connectivity index (χ0) is 13.8. The van der Waals surface area contributed by atoms with Crippen molar-refractivity contribution in [2.24, 2.45) is 0 Å². The van der Waals surface area contributed by atoms with E-state index in [2.05, 4.69) is 0 Å². The van der Waals surface area contributed by atoms with Gasteiger partial charge in [-0.1, -0.05) is 12.8 Å². The third-order valence-electron chi connectivity index (χ3n) is 3.73. The highest BCUT2D eigenvalue weighted by Crippen LogP contribution is 2.27. The number of carbonyl (C=O) groups is 1. The summed E-state index contributed by atoms with van der Waals surface area (Å²) >= 11 is 6.32. The van der Waals surface area contributed by atoms with Crippen molar-refractivity contribution in [2.75, 3.05) is 7.05 Å². The molecule has 1 aliphatic rings. The minimum absolute atomic E-state index is 0.0259. The summed E-state index contributed by atoms with van der Waals surface area (Å²) in [5, 5.41) is 8.79. The Morgan fingerprint density at radius 3 is 2.53 bits per heavy atom. The fraction of sp³-hybridized carbons (Fsp3) is 0.467. The summed E-state index contributed by atoms with van der Waals surface area (Å²) in [4.78, 5) is 14.1. The van der Waals surface area contributed by atoms with Crippen LogP contribution in [0.3, 0.4) is 0 Å². The number of nitriles is 1. The van der Waals surface area contributed by atoms with E-state index in [1.165, 1.54) is 0 Å². The van der Waals surface area contributed by atoms with Gasteiger partial charge in [-0.2, -0.15) is 5.26 Å². The minimum atomic E-state index is -0.0259. The van der Waals surface area contributed by atoms with Gasteiger partial charge in [-0.3, -0.25) is 4.79 Å². The van der Waals surface area contributed by atoms with Crippen LogP contribution in [0.5, 0.6) is 0 Å². The summed E-state index contributed by atoms with van der Waals surface area (Å²) in [7, 11) is 1.81. The maximum absolute atomic E-state index is 12.4. The van der Waals surface area contributed by atoms with E-state index in [4.69, 9.17) is 16.9 Å². The number of halogens is 1. The van der Waals surface area contributed by atoms with Crippen LogP contribution in [-0.4, -0.2) is 29.3 Å². The molecule has 1 fully saturated rings. The number of rotatable bonds is 2. The van der Waals surface area contributed by atoms with E-state index in [0.29, 0.717) is 11.1 Å². The van der Waals surface area contributed by atoms with Crippen molar-refractivity contribution in [1.82, 2.24) is 4.90 Å². The molecule has 0 N–H and O–H groups in total. The molecular formula is C15H17ClN2O. The molecule has 0 spiro atoms. The van der Waals surface area contributed by atoms with Crippen LogP contribution in [0, 0.1) is 11.3 Å². The zero-order valence-corrected chi connectivity index (χ0v) is 11.7. The van der Waals surface area contributed by atoms with Crippen LogP contribution in [0.25, 0.3) is 0 Å². The van der Waals surface area contributed by atoms with E-state index >= 15 is 0 Å². The van der Waals surface area contributed by atoms with Gasteiger partial charge < -0.3 is 4.90 Å². The fourth-order valence-electron chi connectivity index (χ4n) is 2.54. The van der Waals surface area contributed by atoms with Crippen LogP contribution < -0.4 is 0 Å². The molecule has 1 amide bonds. The van der Waals surface area contributed by atoms with Crippen LogP contribution >= 0.6 is 11.6 Å². The third-order valence-corrected chi connectivity index (χ3v) is 4.24. The van der Waals surface area contributed by atoms with Gasteiger partial charge in [-0.15, -0.1) is 11.6 Å². The Kier molecular flexibility index (Phi) is 4.44. The molecule has 0 bridgehead atoms. The van der Waals surface area contributed by atoms with Crippen LogP contribution in [0.4, 0.5) is 0 Å². The maximum atomic E-state index is 12.4. The molecule has 0 aliphatic heterocycles. The number of amides is 1. The summed E-state index contributed by atoms with van der Waals surface area (Å²) in [5.41, 5.74) is 1.17. The van der Waals surface area contributed by atoms with Gasteiger partial charge >= 0.3 is 0 Å². The largest absolute Gasteiger partial charge is 0.337 e. The summed E-state index contributed by atoms with van der Waals surface area (Å²) in [6.07, 6.45) is 4.20. The normalized spacial score (nSPS) is 22.6. The first-order valence-electron chi connectivity index (χ1n) is 6.55. The van der Waals surface area contributed by atoms with E-state index in [1.54, 1.807) is 29.2 Å². The summed E-state index contributed by atoms with van der Waals surface area (Å²) in [6.45, 7) is 0. The average Bonchev–Trinajstić information content (AvgIpc) is 2.46. The number of hydrogen-bond donors (Lipinski definition) is 0. The molecule has 0 saturated heterocycles. The molecule has 0 aromatic heterocycles. The number of carbonyl (C=O) groups excluding carboxylic acids is 1. The van der Waals surface area contributed by atoms with Crippen molar-refractivity contribution in [2.45, 2.75) is 37.1 Å². The molecule has 1 aromatic carbocycles. The molecule has 3 nitrogen and oxygen atoms in total. The van der Waals surface area contributed by atoms with E-state index < -0.39 is 0 Å². The molecule has 2 rings (SSSR count). The van der Waals surface area contributed by atoms with Crippen LogP contribution in [0.15, 0.2) is 24.3 Å². The van der Waals surface area contributed by atoms with Crippen molar-refractivity contribution in [1.29, 1.82) is 5.26 Å². The molecule has 0 radical (unpaired) electrons. The molecule has 2 unspecified atom stereocenters. The molecule has 100 valence electrons. The molecule has 1 saturated carbocycles. The molecule has 1 aliphatic carbocycles. The topological polar surface area (TPSA) is 44.1 Å². The minimum Gasteiger partial charge on any atom is -0.337 e. The van der Waals surface area contributed by atoms with Crippen molar-refractivity contribution in [3.63, 3.8) is 0 Å². The second-order valence-corrected chi connectivity index (χ2v) is 5.53. The number of nitrogens with zero attached hydrogens (tertiary/aromatic N) is 2. The van der Waals surface area contributed by atoms with Gasteiger partial charge in [0.1, 0.15) is 0 Å². The summed E-state index contributed by atoms with van der Waals surface area (Å²) < 4.78 is 0. The van der Waals surface area contributed by atoms with Crippen molar-refractivity contribution < 1.29 is 4.79 Å². The Morgan fingerprint density at radius 1 is 1.32 bits per heavy atom. The van der Waals surface area contributed by atoms with Crippen molar-refractivity contribution in [3.8, 4) is 6.07 Å². The number of hydrogen-bond acceptors (Lipinski definition) is 2. The van der Waals surface area contributed by atoms with Crippen LogP contribution in [-0.2, 0) is 0 Å². The SMILES string of the molecule is CN(C(=O)c1ccc(C#N)cc1)C1CCCCC1Cl. The van der Waals surface area contributed by atoms with Gasteiger partial charge in [0.15, 0.2) is 0 Å². The second-order valence-electron chi connectivity index (χ2n) is 4.97. The highest BCUT2D eigenvalue weighted by Gasteiger charge is 2.29. The van der Waals surface area contributed by atoms with E-state index in [-0.39, 0.29) is 17.3 Å². The van der Waals surface area contributed by atoms with Gasteiger partial charge in [0.2, 0.25) is 0 Å². The van der Waals surface area contributed by atoms with Gasteiger partial charge in [0.25, 0.3) is 5.91 Å². The van der Waals surface area contributed by atoms with Crippen LogP contribution in [0.2, 0.25) is 0 Å². The fourth-order valence-corrected chi connectivity index (χ4v) is 2.99. The number of alkyl halides is 1. The Bertz CT molecular complexity index is 492. The first-order chi connectivity index (χ1) is 9.13. The lowest BCUT2D eigenvalue weighted by molar-refractivity contribution is 0.0700. The third kappa shape index (κ3) is 3.08. The monoisotopic (exact) mass is 276 g/mol. The summed E-state index contributed by atoms with van der Waals surface area (Å²) in [6, 6.07) is 8.89. The first kappa shape index (κ1) is 13.9.